The molecule has 16 heavy (non-hydrogen) atoms. The highest BCUT2D eigenvalue weighted by Gasteiger charge is 2.32. The molecular weight excluding hydrogens is 240 g/mol. The first-order chi connectivity index (χ1) is 7.61. The Balaban J connectivity index is 2.07. The lowest BCUT2D eigenvalue weighted by atomic mass is 10.1. The summed E-state index contributed by atoms with van der Waals surface area (Å²) in [6.45, 7) is 6.48. The van der Waals surface area contributed by atoms with Gasteiger partial charge < -0.3 is 5.73 Å². The molecule has 1 aromatic heterocycles. The first-order valence-electron chi connectivity index (χ1n) is 5.83. The van der Waals surface area contributed by atoms with Crippen molar-refractivity contribution in [2.45, 2.75) is 32.4 Å². The van der Waals surface area contributed by atoms with Crippen LogP contribution in [0.15, 0.2) is 12.1 Å². The molecule has 1 aliphatic heterocycles. The van der Waals surface area contributed by atoms with Gasteiger partial charge in [0.25, 0.3) is 0 Å². The average Bonchev–Trinajstić information content (AvgIpc) is 2.83. The number of hydrogen-bond donors (Lipinski definition) is 1. The van der Waals surface area contributed by atoms with Crippen LogP contribution in [0.5, 0.6) is 0 Å². The van der Waals surface area contributed by atoms with E-state index in [1.807, 2.05) is 6.07 Å². The second-order valence-corrected chi connectivity index (χ2v) is 6.45. The Morgan fingerprint density at radius 2 is 2.38 bits per heavy atom. The van der Waals surface area contributed by atoms with Gasteiger partial charge in [-0.25, -0.2) is 0 Å². The van der Waals surface area contributed by atoms with Crippen molar-refractivity contribution < 1.29 is 0 Å². The molecule has 1 saturated heterocycles. The number of likely N-dealkylation sites (tertiary alicyclic amines) is 1. The summed E-state index contributed by atoms with van der Waals surface area (Å²) in [6.07, 6.45) is 1.22. The topological polar surface area (TPSA) is 29.3 Å². The minimum atomic E-state index is 0.462. The van der Waals surface area contributed by atoms with Crippen LogP contribution >= 0.6 is 22.9 Å². The fourth-order valence-corrected chi connectivity index (χ4v) is 3.73. The van der Waals surface area contributed by atoms with Crippen molar-refractivity contribution in [1.82, 2.24) is 4.90 Å². The Hall–Kier alpha value is -0.0900. The Kier molecular flexibility index (Phi) is 3.90. The van der Waals surface area contributed by atoms with Gasteiger partial charge in [0.2, 0.25) is 0 Å². The van der Waals surface area contributed by atoms with Crippen LogP contribution in [0.1, 0.15) is 31.2 Å². The molecule has 0 spiro atoms. The van der Waals surface area contributed by atoms with Crippen molar-refractivity contribution >= 4 is 22.9 Å². The monoisotopic (exact) mass is 258 g/mol. The Bertz CT molecular complexity index is 353. The zero-order chi connectivity index (χ0) is 11.7. The maximum atomic E-state index is 5.98. The number of halogens is 1. The summed E-state index contributed by atoms with van der Waals surface area (Å²) in [7, 11) is 0. The lowest BCUT2D eigenvalue weighted by Gasteiger charge is -2.27. The lowest BCUT2D eigenvalue weighted by molar-refractivity contribution is 0.203. The summed E-state index contributed by atoms with van der Waals surface area (Å²) < 4.78 is 0.879. The van der Waals surface area contributed by atoms with E-state index in [-0.39, 0.29) is 0 Å². The van der Waals surface area contributed by atoms with E-state index in [2.05, 4.69) is 24.8 Å². The molecule has 4 heteroatoms. The second-order valence-electron chi connectivity index (χ2n) is 4.70. The van der Waals surface area contributed by atoms with Crippen LogP contribution in [0.3, 0.4) is 0 Å². The van der Waals surface area contributed by atoms with Crippen LogP contribution < -0.4 is 5.73 Å². The molecule has 1 aromatic rings. The highest BCUT2D eigenvalue weighted by molar-refractivity contribution is 7.16. The third kappa shape index (κ3) is 2.43. The summed E-state index contributed by atoms with van der Waals surface area (Å²) in [5.41, 5.74) is 5.76. The second kappa shape index (κ2) is 5.05. The fraction of sp³-hybridized carbons (Fsp3) is 0.667. The van der Waals surface area contributed by atoms with Crippen molar-refractivity contribution in [3.8, 4) is 0 Å². The smallest absolute Gasteiger partial charge is 0.0931 e. The summed E-state index contributed by atoms with van der Waals surface area (Å²) in [4.78, 5) is 3.90. The van der Waals surface area contributed by atoms with Crippen LogP contribution in [-0.2, 0) is 0 Å². The standard InChI is InChI=1S/C12H19ClN2S/c1-8-5-10(6-14)7-15(8)9(2)11-3-4-12(13)16-11/h3-4,8-10H,5-7,14H2,1-2H3. The molecule has 0 amide bonds. The predicted molar refractivity (Wildman–Crippen MR) is 71.1 cm³/mol. The molecule has 1 fully saturated rings. The van der Waals surface area contributed by atoms with Crippen LogP contribution in [0.4, 0.5) is 0 Å². The van der Waals surface area contributed by atoms with E-state index in [1.165, 1.54) is 11.3 Å². The molecular formula is C12H19ClN2S. The Morgan fingerprint density at radius 3 is 2.88 bits per heavy atom. The van der Waals surface area contributed by atoms with Gasteiger partial charge in [0.1, 0.15) is 0 Å². The van der Waals surface area contributed by atoms with Gasteiger partial charge in [-0.3, -0.25) is 4.90 Å². The van der Waals surface area contributed by atoms with Crippen LogP contribution in [0.2, 0.25) is 4.34 Å². The maximum absolute atomic E-state index is 5.98. The number of nitrogens with two attached hydrogens (primary N) is 1. The van der Waals surface area contributed by atoms with E-state index in [4.69, 9.17) is 17.3 Å². The zero-order valence-corrected chi connectivity index (χ0v) is 11.4. The van der Waals surface area contributed by atoms with Gasteiger partial charge in [-0.1, -0.05) is 11.6 Å². The third-order valence-electron chi connectivity index (χ3n) is 3.55. The van der Waals surface area contributed by atoms with Gasteiger partial charge >= 0.3 is 0 Å². The summed E-state index contributed by atoms with van der Waals surface area (Å²) in [5.74, 6) is 0.660. The molecule has 0 radical (unpaired) electrons. The molecule has 90 valence electrons. The minimum absolute atomic E-state index is 0.462. The minimum Gasteiger partial charge on any atom is -0.330 e. The van der Waals surface area contributed by atoms with Crippen LogP contribution in [0, 0.1) is 5.92 Å². The Labute approximate surface area is 106 Å². The SMILES string of the molecule is CC1CC(CN)CN1C(C)c1ccc(Cl)s1. The predicted octanol–water partition coefficient (Wildman–Crippen LogP) is 3.13. The number of hydrogen-bond acceptors (Lipinski definition) is 3. The van der Waals surface area contributed by atoms with Crippen LogP contribution in [0.25, 0.3) is 0 Å². The lowest BCUT2D eigenvalue weighted by Crippen LogP contribution is -2.30. The third-order valence-corrected chi connectivity index (χ3v) is 4.95. The molecule has 2 rings (SSSR count). The van der Waals surface area contributed by atoms with Gasteiger partial charge in [0, 0.05) is 23.5 Å². The van der Waals surface area contributed by atoms with E-state index in [0.717, 1.165) is 17.4 Å². The highest BCUT2D eigenvalue weighted by Crippen LogP contribution is 2.35. The van der Waals surface area contributed by atoms with Gasteiger partial charge in [-0.15, -0.1) is 11.3 Å². The summed E-state index contributed by atoms with van der Waals surface area (Å²) in [5, 5.41) is 0. The number of rotatable bonds is 3. The first-order valence-corrected chi connectivity index (χ1v) is 7.02. The van der Waals surface area contributed by atoms with Crippen molar-refractivity contribution in [3.05, 3.63) is 21.3 Å². The quantitative estimate of drug-likeness (QED) is 0.903. The zero-order valence-electron chi connectivity index (χ0n) is 9.82. The fourth-order valence-electron chi connectivity index (χ4n) is 2.60. The molecule has 1 aliphatic rings. The van der Waals surface area contributed by atoms with E-state index in [0.29, 0.717) is 18.0 Å². The first kappa shape index (κ1) is 12.4. The number of thiophene rings is 1. The van der Waals surface area contributed by atoms with Crippen LogP contribution in [-0.4, -0.2) is 24.0 Å². The van der Waals surface area contributed by atoms with E-state index >= 15 is 0 Å². The molecule has 0 aromatic carbocycles. The van der Waals surface area contributed by atoms with Crippen molar-refractivity contribution in [2.75, 3.05) is 13.1 Å². The average molecular weight is 259 g/mol. The van der Waals surface area contributed by atoms with Gasteiger partial charge in [-0.05, 0) is 44.9 Å². The van der Waals surface area contributed by atoms with Crippen molar-refractivity contribution in [2.24, 2.45) is 11.7 Å². The van der Waals surface area contributed by atoms with E-state index in [9.17, 15) is 0 Å². The normalized spacial score (nSPS) is 28.5. The maximum Gasteiger partial charge on any atom is 0.0931 e. The van der Waals surface area contributed by atoms with Gasteiger partial charge in [0.05, 0.1) is 4.34 Å². The molecule has 0 saturated carbocycles. The van der Waals surface area contributed by atoms with E-state index < -0.39 is 0 Å². The molecule has 0 aliphatic carbocycles. The van der Waals surface area contributed by atoms with E-state index in [1.54, 1.807) is 11.3 Å². The summed E-state index contributed by atoms with van der Waals surface area (Å²) >= 11 is 7.67. The molecule has 3 atom stereocenters. The van der Waals surface area contributed by atoms with Gasteiger partial charge in [0.15, 0.2) is 0 Å². The van der Waals surface area contributed by atoms with Gasteiger partial charge in [-0.2, -0.15) is 0 Å². The summed E-state index contributed by atoms with van der Waals surface area (Å²) in [6, 6.07) is 5.22. The molecule has 0 bridgehead atoms. The number of nitrogens with zero attached hydrogens (tertiary/aromatic N) is 1. The van der Waals surface area contributed by atoms with Crippen molar-refractivity contribution in [1.29, 1.82) is 0 Å². The molecule has 2 nitrogen and oxygen atoms in total. The highest BCUT2D eigenvalue weighted by atomic mass is 35.5. The molecule has 3 unspecified atom stereocenters. The Morgan fingerprint density at radius 1 is 1.62 bits per heavy atom. The molecule has 2 heterocycles. The van der Waals surface area contributed by atoms with Crippen molar-refractivity contribution in [3.63, 3.8) is 0 Å². The molecule has 2 N–H and O–H groups in total. The largest absolute Gasteiger partial charge is 0.330 e.